The van der Waals surface area contributed by atoms with E-state index in [0.717, 1.165) is 32.6 Å². The summed E-state index contributed by atoms with van der Waals surface area (Å²) in [6, 6.07) is 4.52. The highest BCUT2D eigenvalue weighted by molar-refractivity contribution is 7.10. The number of rotatable bonds is 3. The molecular formula is C13H21N3OS. The lowest BCUT2D eigenvalue weighted by atomic mass is 10.2. The van der Waals surface area contributed by atoms with Gasteiger partial charge in [0.1, 0.15) is 0 Å². The van der Waals surface area contributed by atoms with Crippen molar-refractivity contribution in [3.63, 3.8) is 0 Å². The number of carbonyl (C=O) groups is 1. The second-order valence-corrected chi connectivity index (χ2v) is 5.64. The van der Waals surface area contributed by atoms with Gasteiger partial charge >= 0.3 is 0 Å². The molecule has 0 radical (unpaired) electrons. The molecule has 1 aromatic rings. The topological polar surface area (TPSA) is 49.6 Å². The molecule has 1 aliphatic rings. The minimum absolute atomic E-state index is 0.178. The van der Waals surface area contributed by atoms with Gasteiger partial charge in [0.15, 0.2) is 0 Å². The fourth-order valence-corrected chi connectivity index (χ4v) is 3.36. The van der Waals surface area contributed by atoms with Gasteiger partial charge in [-0.1, -0.05) is 6.07 Å². The molecule has 1 fully saturated rings. The summed E-state index contributed by atoms with van der Waals surface area (Å²) >= 11 is 1.76. The van der Waals surface area contributed by atoms with Crippen LogP contribution in [0.3, 0.4) is 0 Å². The number of nitrogens with zero attached hydrogens (tertiary/aromatic N) is 2. The zero-order chi connectivity index (χ0) is 13.0. The SMILES string of the molecule is CC(=O)N1CCCN(C(CN)c2cccs2)CC1. The van der Waals surface area contributed by atoms with Crippen molar-refractivity contribution in [3.8, 4) is 0 Å². The van der Waals surface area contributed by atoms with Crippen LogP contribution in [0.4, 0.5) is 0 Å². The van der Waals surface area contributed by atoms with Crippen molar-refractivity contribution in [1.29, 1.82) is 0 Å². The molecule has 1 atom stereocenters. The van der Waals surface area contributed by atoms with E-state index in [-0.39, 0.29) is 5.91 Å². The van der Waals surface area contributed by atoms with Crippen molar-refractivity contribution in [1.82, 2.24) is 9.80 Å². The molecule has 0 aliphatic carbocycles. The lowest BCUT2D eigenvalue weighted by Crippen LogP contribution is -2.37. The number of hydrogen-bond donors (Lipinski definition) is 1. The Morgan fingerprint density at radius 2 is 2.28 bits per heavy atom. The first-order valence-corrected chi connectivity index (χ1v) is 7.33. The Morgan fingerprint density at radius 3 is 2.89 bits per heavy atom. The molecule has 1 aliphatic heterocycles. The second kappa shape index (κ2) is 6.31. The van der Waals surface area contributed by atoms with Crippen LogP contribution in [0.15, 0.2) is 17.5 Å². The van der Waals surface area contributed by atoms with E-state index in [1.165, 1.54) is 4.88 Å². The van der Waals surface area contributed by atoms with Gasteiger partial charge < -0.3 is 10.6 Å². The maximum Gasteiger partial charge on any atom is 0.219 e. The Kier molecular flexibility index (Phi) is 4.74. The summed E-state index contributed by atoms with van der Waals surface area (Å²) in [5, 5.41) is 2.09. The van der Waals surface area contributed by atoms with Crippen LogP contribution in [-0.4, -0.2) is 48.4 Å². The van der Waals surface area contributed by atoms with Gasteiger partial charge in [0, 0.05) is 44.5 Å². The Hall–Kier alpha value is -0.910. The van der Waals surface area contributed by atoms with Crippen LogP contribution >= 0.6 is 11.3 Å². The zero-order valence-corrected chi connectivity index (χ0v) is 11.7. The minimum Gasteiger partial charge on any atom is -0.342 e. The molecule has 0 spiro atoms. The minimum atomic E-state index is 0.178. The predicted molar refractivity (Wildman–Crippen MR) is 74.6 cm³/mol. The van der Waals surface area contributed by atoms with Crippen molar-refractivity contribution in [2.24, 2.45) is 5.73 Å². The highest BCUT2D eigenvalue weighted by Crippen LogP contribution is 2.25. The van der Waals surface area contributed by atoms with E-state index in [9.17, 15) is 4.79 Å². The lowest BCUT2D eigenvalue weighted by molar-refractivity contribution is -0.128. The van der Waals surface area contributed by atoms with Gasteiger partial charge in [-0.15, -0.1) is 11.3 Å². The van der Waals surface area contributed by atoms with E-state index in [0.29, 0.717) is 12.6 Å². The smallest absolute Gasteiger partial charge is 0.219 e. The summed E-state index contributed by atoms with van der Waals surface area (Å²) in [6.07, 6.45) is 1.03. The van der Waals surface area contributed by atoms with E-state index in [4.69, 9.17) is 5.73 Å². The molecule has 1 amide bonds. The molecule has 2 heterocycles. The lowest BCUT2D eigenvalue weighted by Gasteiger charge is -2.28. The van der Waals surface area contributed by atoms with E-state index < -0.39 is 0 Å². The monoisotopic (exact) mass is 267 g/mol. The number of hydrogen-bond acceptors (Lipinski definition) is 4. The van der Waals surface area contributed by atoms with Crippen LogP contribution in [0.25, 0.3) is 0 Å². The molecule has 4 nitrogen and oxygen atoms in total. The third-order valence-electron chi connectivity index (χ3n) is 3.51. The Labute approximate surface area is 112 Å². The molecule has 1 aromatic heterocycles. The Balaban J connectivity index is 2.02. The average molecular weight is 267 g/mol. The molecular weight excluding hydrogens is 246 g/mol. The summed E-state index contributed by atoms with van der Waals surface area (Å²) in [7, 11) is 0. The van der Waals surface area contributed by atoms with E-state index in [1.54, 1.807) is 18.3 Å². The van der Waals surface area contributed by atoms with Crippen molar-refractivity contribution in [2.75, 3.05) is 32.7 Å². The first kappa shape index (κ1) is 13.5. The van der Waals surface area contributed by atoms with Gasteiger partial charge in [-0.25, -0.2) is 0 Å². The Bertz CT molecular complexity index is 380. The number of carbonyl (C=O) groups excluding carboxylic acids is 1. The van der Waals surface area contributed by atoms with Crippen LogP contribution in [0.1, 0.15) is 24.3 Å². The van der Waals surface area contributed by atoms with Crippen molar-refractivity contribution >= 4 is 17.2 Å². The zero-order valence-electron chi connectivity index (χ0n) is 10.8. The molecule has 18 heavy (non-hydrogen) atoms. The standard InChI is InChI=1S/C13H21N3OS/c1-11(17)15-5-3-6-16(8-7-15)12(10-14)13-4-2-9-18-13/h2,4,9,12H,3,5-8,10,14H2,1H3. The molecule has 1 saturated heterocycles. The fourth-order valence-electron chi connectivity index (χ4n) is 2.49. The number of thiophene rings is 1. The third-order valence-corrected chi connectivity index (χ3v) is 4.48. The largest absolute Gasteiger partial charge is 0.342 e. The molecule has 5 heteroatoms. The van der Waals surface area contributed by atoms with Gasteiger partial charge in [0.25, 0.3) is 0 Å². The normalized spacial score (nSPS) is 19.6. The van der Waals surface area contributed by atoms with Crippen LogP contribution < -0.4 is 5.73 Å². The average Bonchev–Trinajstić information content (AvgIpc) is 2.75. The van der Waals surface area contributed by atoms with E-state index in [1.807, 2.05) is 4.90 Å². The molecule has 2 N–H and O–H groups in total. The fraction of sp³-hybridized carbons (Fsp3) is 0.615. The summed E-state index contributed by atoms with van der Waals surface area (Å²) in [4.78, 5) is 17.1. The molecule has 0 aromatic carbocycles. The predicted octanol–water partition coefficient (Wildman–Crippen LogP) is 1.30. The maximum atomic E-state index is 11.4. The van der Waals surface area contributed by atoms with Gasteiger partial charge in [-0.05, 0) is 17.9 Å². The van der Waals surface area contributed by atoms with E-state index in [2.05, 4.69) is 22.4 Å². The number of amides is 1. The van der Waals surface area contributed by atoms with Gasteiger partial charge in [0.2, 0.25) is 5.91 Å². The third kappa shape index (κ3) is 3.10. The second-order valence-electron chi connectivity index (χ2n) is 4.66. The van der Waals surface area contributed by atoms with Crippen LogP contribution in [0.5, 0.6) is 0 Å². The van der Waals surface area contributed by atoms with Gasteiger partial charge in [-0.2, -0.15) is 0 Å². The van der Waals surface area contributed by atoms with Gasteiger partial charge in [0.05, 0.1) is 6.04 Å². The summed E-state index contributed by atoms with van der Waals surface area (Å²) in [5.74, 6) is 0.178. The van der Waals surface area contributed by atoms with Gasteiger partial charge in [-0.3, -0.25) is 9.69 Å². The summed E-state index contributed by atoms with van der Waals surface area (Å²) in [5.41, 5.74) is 5.92. The Morgan fingerprint density at radius 1 is 1.44 bits per heavy atom. The van der Waals surface area contributed by atoms with Crippen molar-refractivity contribution in [2.45, 2.75) is 19.4 Å². The highest BCUT2D eigenvalue weighted by atomic mass is 32.1. The molecule has 100 valence electrons. The molecule has 2 rings (SSSR count). The summed E-state index contributed by atoms with van der Waals surface area (Å²) in [6.45, 7) is 5.91. The first-order chi connectivity index (χ1) is 8.72. The van der Waals surface area contributed by atoms with Crippen LogP contribution in [0.2, 0.25) is 0 Å². The molecule has 1 unspecified atom stereocenters. The van der Waals surface area contributed by atoms with Crippen LogP contribution in [-0.2, 0) is 4.79 Å². The maximum absolute atomic E-state index is 11.4. The number of nitrogens with two attached hydrogens (primary N) is 1. The van der Waals surface area contributed by atoms with Crippen molar-refractivity contribution in [3.05, 3.63) is 22.4 Å². The first-order valence-electron chi connectivity index (χ1n) is 6.45. The van der Waals surface area contributed by atoms with E-state index >= 15 is 0 Å². The quantitative estimate of drug-likeness (QED) is 0.898. The van der Waals surface area contributed by atoms with Crippen molar-refractivity contribution < 1.29 is 4.79 Å². The highest BCUT2D eigenvalue weighted by Gasteiger charge is 2.23. The molecule has 0 saturated carbocycles. The molecule has 0 bridgehead atoms. The summed E-state index contributed by atoms with van der Waals surface area (Å²) < 4.78 is 0. The van der Waals surface area contributed by atoms with Crippen LogP contribution in [0, 0.1) is 0 Å².